The molecular weight excluding hydrogens is 256 g/mol. The van der Waals surface area contributed by atoms with Crippen LogP contribution in [0.4, 0.5) is 0 Å². The van der Waals surface area contributed by atoms with Gasteiger partial charge in [-0.25, -0.2) is 0 Å². The summed E-state index contributed by atoms with van der Waals surface area (Å²) in [6, 6.07) is 8.90. The summed E-state index contributed by atoms with van der Waals surface area (Å²) < 4.78 is 10.3. The number of amides is 1. The lowest BCUT2D eigenvalue weighted by Gasteiger charge is -2.04. The molecule has 0 unspecified atom stereocenters. The fourth-order valence-electron chi connectivity index (χ4n) is 1.84. The van der Waals surface area contributed by atoms with Crippen LogP contribution in [0.1, 0.15) is 16.1 Å². The molecule has 0 saturated heterocycles. The summed E-state index contributed by atoms with van der Waals surface area (Å²) in [5, 5.41) is 2.77. The van der Waals surface area contributed by atoms with Crippen LogP contribution in [0.2, 0.25) is 0 Å². The molecule has 0 aliphatic heterocycles. The third-order valence-corrected chi connectivity index (χ3v) is 2.80. The summed E-state index contributed by atoms with van der Waals surface area (Å²) in [6.07, 6.45) is 6.50. The molecule has 3 heterocycles. The zero-order valence-electron chi connectivity index (χ0n) is 10.6. The number of nitrogens with zero attached hydrogens (tertiary/aromatic N) is 1. The zero-order chi connectivity index (χ0) is 13.8. The summed E-state index contributed by atoms with van der Waals surface area (Å²) in [4.78, 5) is 15.9. The molecule has 3 rings (SSSR count). The zero-order valence-corrected chi connectivity index (χ0v) is 10.6. The van der Waals surface area contributed by atoms with Crippen molar-refractivity contribution in [3.63, 3.8) is 0 Å². The van der Waals surface area contributed by atoms with Gasteiger partial charge in [0.1, 0.15) is 5.76 Å². The molecule has 0 aliphatic carbocycles. The van der Waals surface area contributed by atoms with E-state index in [2.05, 4.69) is 10.3 Å². The summed E-state index contributed by atoms with van der Waals surface area (Å²) in [5.74, 6) is 0.787. The van der Waals surface area contributed by atoms with Gasteiger partial charge in [0.05, 0.1) is 12.5 Å². The van der Waals surface area contributed by atoms with E-state index in [-0.39, 0.29) is 5.91 Å². The first-order chi connectivity index (χ1) is 9.83. The number of furan rings is 2. The van der Waals surface area contributed by atoms with E-state index in [0.717, 1.165) is 16.9 Å². The van der Waals surface area contributed by atoms with Crippen LogP contribution >= 0.6 is 0 Å². The molecule has 3 aromatic heterocycles. The molecule has 0 spiro atoms. The van der Waals surface area contributed by atoms with Crippen molar-refractivity contribution in [2.24, 2.45) is 0 Å². The van der Waals surface area contributed by atoms with Crippen LogP contribution in [0.15, 0.2) is 64.1 Å². The Bertz CT molecular complexity index is 688. The van der Waals surface area contributed by atoms with Gasteiger partial charge in [0, 0.05) is 24.5 Å². The van der Waals surface area contributed by atoms with Crippen molar-refractivity contribution in [2.75, 3.05) is 0 Å². The molecule has 0 bridgehead atoms. The first-order valence-corrected chi connectivity index (χ1v) is 6.12. The monoisotopic (exact) mass is 268 g/mol. The van der Waals surface area contributed by atoms with Gasteiger partial charge in [-0.05, 0) is 35.9 Å². The summed E-state index contributed by atoms with van der Waals surface area (Å²) in [7, 11) is 0. The molecule has 0 radical (unpaired) electrons. The SMILES string of the molecule is O=C(NCc1cncc(-c2ccco2)c1)c1ccco1. The van der Waals surface area contributed by atoms with Crippen molar-refractivity contribution in [3.8, 4) is 11.3 Å². The lowest BCUT2D eigenvalue weighted by atomic mass is 10.1. The van der Waals surface area contributed by atoms with Crippen molar-refractivity contribution in [1.29, 1.82) is 0 Å². The summed E-state index contributed by atoms with van der Waals surface area (Å²) in [5.41, 5.74) is 1.76. The van der Waals surface area contributed by atoms with Crippen molar-refractivity contribution in [2.45, 2.75) is 6.54 Å². The van der Waals surface area contributed by atoms with Crippen LogP contribution in [-0.2, 0) is 6.54 Å². The minimum Gasteiger partial charge on any atom is -0.464 e. The number of pyridine rings is 1. The molecule has 20 heavy (non-hydrogen) atoms. The van der Waals surface area contributed by atoms with E-state index in [4.69, 9.17) is 8.83 Å². The Labute approximate surface area is 115 Å². The Morgan fingerprint density at radius 2 is 2.00 bits per heavy atom. The number of aromatic nitrogens is 1. The number of carbonyl (C=O) groups is 1. The van der Waals surface area contributed by atoms with E-state index in [1.54, 1.807) is 30.8 Å². The maximum Gasteiger partial charge on any atom is 0.287 e. The van der Waals surface area contributed by atoms with Gasteiger partial charge < -0.3 is 14.2 Å². The standard InChI is InChI=1S/C15H12N2O3/c18-15(14-4-2-6-20-14)17-9-11-7-12(10-16-8-11)13-3-1-5-19-13/h1-8,10H,9H2,(H,17,18). The van der Waals surface area contributed by atoms with Gasteiger partial charge in [-0.3, -0.25) is 9.78 Å². The summed E-state index contributed by atoms with van der Waals surface area (Å²) in [6.45, 7) is 0.376. The average molecular weight is 268 g/mol. The molecule has 0 saturated carbocycles. The van der Waals surface area contributed by atoms with Crippen molar-refractivity contribution >= 4 is 5.91 Å². The van der Waals surface area contributed by atoms with Gasteiger partial charge in [0.2, 0.25) is 0 Å². The fraction of sp³-hybridized carbons (Fsp3) is 0.0667. The van der Waals surface area contributed by atoms with E-state index in [1.165, 1.54) is 6.26 Å². The van der Waals surface area contributed by atoms with E-state index >= 15 is 0 Å². The molecule has 0 aromatic carbocycles. The normalized spacial score (nSPS) is 10.4. The topological polar surface area (TPSA) is 68.3 Å². The maximum absolute atomic E-state index is 11.7. The Balaban J connectivity index is 1.69. The third-order valence-electron chi connectivity index (χ3n) is 2.80. The second kappa shape index (κ2) is 5.44. The number of rotatable bonds is 4. The molecule has 1 amide bonds. The second-order valence-electron chi connectivity index (χ2n) is 4.22. The fourth-order valence-corrected chi connectivity index (χ4v) is 1.84. The van der Waals surface area contributed by atoms with E-state index in [9.17, 15) is 4.79 Å². The average Bonchev–Trinajstić information content (AvgIpc) is 3.17. The molecule has 100 valence electrons. The highest BCUT2D eigenvalue weighted by atomic mass is 16.3. The quantitative estimate of drug-likeness (QED) is 0.790. The third kappa shape index (κ3) is 2.61. The first-order valence-electron chi connectivity index (χ1n) is 6.12. The van der Waals surface area contributed by atoms with Gasteiger partial charge in [-0.1, -0.05) is 0 Å². The molecule has 5 heteroatoms. The van der Waals surface area contributed by atoms with Gasteiger partial charge in [-0.2, -0.15) is 0 Å². The van der Waals surface area contributed by atoms with Crippen LogP contribution in [-0.4, -0.2) is 10.9 Å². The highest BCUT2D eigenvalue weighted by Crippen LogP contribution is 2.19. The molecular formula is C15H12N2O3. The minimum absolute atomic E-state index is 0.251. The number of carbonyl (C=O) groups excluding carboxylic acids is 1. The number of hydrogen-bond acceptors (Lipinski definition) is 4. The minimum atomic E-state index is -0.251. The smallest absolute Gasteiger partial charge is 0.287 e. The Morgan fingerprint density at radius 3 is 2.75 bits per heavy atom. The Kier molecular flexibility index (Phi) is 3.33. The molecule has 0 atom stereocenters. The predicted octanol–water partition coefficient (Wildman–Crippen LogP) is 2.86. The van der Waals surface area contributed by atoms with Crippen molar-refractivity contribution < 1.29 is 13.6 Å². The molecule has 0 aliphatic rings. The lowest BCUT2D eigenvalue weighted by molar-refractivity contribution is 0.0923. The Morgan fingerprint density at radius 1 is 1.15 bits per heavy atom. The van der Waals surface area contributed by atoms with Gasteiger partial charge in [0.15, 0.2) is 5.76 Å². The van der Waals surface area contributed by atoms with E-state index in [1.807, 2.05) is 18.2 Å². The van der Waals surface area contributed by atoms with Gasteiger partial charge in [-0.15, -0.1) is 0 Å². The van der Waals surface area contributed by atoms with E-state index in [0.29, 0.717) is 12.3 Å². The summed E-state index contributed by atoms with van der Waals surface area (Å²) >= 11 is 0. The Hall–Kier alpha value is -2.82. The largest absolute Gasteiger partial charge is 0.464 e. The predicted molar refractivity (Wildman–Crippen MR) is 71.8 cm³/mol. The highest BCUT2D eigenvalue weighted by molar-refractivity contribution is 5.91. The van der Waals surface area contributed by atoms with Crippen LogP contribution in [0.25, 0.3) is 11.3 Å². The van der Waals surface area contributed by atoms with Gasteiger partial charge >= 0.3 is 0 Å². The number of hydrogen-bond donors (Lipinski definition) is 1. The van der Waals surface area contributed by atoms with E-state index < -0.39 is 0 Å². The number of nitrogens with one attached hydrogen (secondary N) is 1. The molecule has 5 nitrogen and oxygen atoms in total. The molecule has 3 aromatic rings. The first kappa shape index (κ1) is 12.2. The van der Waals surface area contributed by atoms with Crippen molar-refractivity contribution in [1.82, 2.24) is 10.3 Å². The van der Waals surface area contributed by atoms with Crippen LogP contribution < -0.4 is 5.32 Å². The lowest BCUT2D eigenvalue weighted by Crippen LogP contribution is -2.22. The van der Waals surface area contributed by atoms with Crippen LogP contribution in [0.5, 0.6) is 0 Å². The molecule has 1 N–H and O–H groups in total. The molecule has 0 fully saturated rings. The van der Waals surface area contributed by atoms with Crippen LogP contribution in [0, 0.1) is 0 Å². The van der Waals surface area contributed by atoms with Gasteiger partial charge in [0.25, 0.3) is 5.91 Å². The second-order valence-corrected chi connectivity index (χ2v) is 4.22. The van der Waals surface area contributed by atoms with Crippen LogP contribution in [0.3, 0.4) is 0 Å². The van der Waals surface area contributed by atoms with Crippen molar-refractivity contribution in [3.05, 3.63) is 66.6 Å². The highest BCUT2D eigenvalue weighted by Gasteiger charge is 2.08. The maximum atomic E-state index is 11.7.